The summed E-state index contributed by atoms with van der Waals surface area (Å²) in [5.41, 5.74) is 0. The Morgan fingerprint density at radius 2 is 1.30 bits per heavy atom. The van der Waals surface area contributed by atoms with Gasteiger partial charge in [0.1, 0.15) is 48.8 Å². The van der Waals surface area contributed by atoms with E-state index in [9.17, 15) is 40.3 Å². The average molecular weight is 524 g/mol. The molecule has 0 aromatic carbocycles. The molecular formula is C12H29Ca2O15P. The minimum atomic E-state index is -5.20. The molecule has 0 saturated carbocycles. The Morgan fingerprint density at radius 3 is 1.77 bits per heavy atom. The first kappa shape index (κ1) is 34.4. The molecule has 0 unspecified atom stereocenters. The predicted molar refractivity (Wildman–Crippen MR) is 99.1 cm³/mol. The van der Waals surface area contributed by atoms with Gasteiger partial charge in [0.2, 0.25) is 0 Å². The molecule has 11 N–H and O–H groups in total. The second kappa shape index (κ2) is 14.6. The second-order valence-electron chi connectivity index (χ2n) is 6.10. The number of phosphoric ester groups is 1. The van der Waals surface area contributed by atoms with Crippen LogP contribution in [0, 0.1) is 0 Å². The van der Waals surface area contributed by atoms with Gasteiger partial charge >= 0.3 is 83.3 Å². The molecule has 2 fully saturated rings. The van der Waals surface area contributed by atoms with Crippen LogP contribution in [-0.4, -0.2) is 201 Å². The number of phosphoric acid groups is 1. The third-order valence-corrected chi connectivity index (χ3v) is 4.73. The molecule has 0 aromatic heterocycles. The predicted octanol–water partition coefficient (Wildman–Crippen LogP) is -6.42. The number of ether oxygens (including phenoxy) is 3. The third-order valence-electron chi connectivity index (χ3n) is 4.21. The van der Waals surface area contributed by atoms with Crippen LogP contribution < -0.4 is 0 Å². The Balaban J connectivity index is -0.000000280. The molecule has 0 amide bonds. The van der Waals surface area contributed by atoms with Crippen LogP contribution in [0.3, 0.4) is 0 Å². The molecule has 2 rings (SSSR count). The Hall–Kier alpha value is 2.19. The van der Waals surface area contributed by atoms with E-state index in [1.807, 2.05) is 0 Å². The fourth-order valence-electron chi connectivity index (χ4n) is 2.83. The van der Waals surface area contributed by atoms with Crippen molar-refractivity contribution in [3.63, 3.8) is 0 Å². The molecule has 0 bridgehead atoms. The van der Waals surface area contributed by atoms with E-state index >= 15 is 0 Å². The van der Waals surface area contributed by atoms with Gasteiger partial charge < -0.3 is 70.9 Å². The van der Waals surface area contributed by atoms with Crippen LogP contribution in [-0.2, 0) is 23.3 Å². The molecule has 2 heterocycles. The summed E-state index contributed by atoms with van der Waals surface area (Å²) in [6.07, 6.45) is -17.6. The van der Waals surface area contributed by atoms with Crippen molar-refractivity contribution in [1.29, 1.82) is 0 Å². The number of hydrogen-bond acceptors (Lipinski definition) is 12. The first-order valence-corrected chi connectivity index (χ1v) is 9.35. The summed E-state index contributed by atoms with van der Waals surface area (Å²) in [7, 11) is -5.20. The van der Waals surface area contributed by atoms with Crippen LogP contribution in [0.1, 0.15) is 5.71 Å². The molecule has 2 aliphatic rings. The third kappa shape index (κ3) is 8.44. The van der Waals surface area contributed by atoms with E-state index in [1.54, 1.807) is 0 Å². The van der Waals surface area contributed by atoms with E-state index in [0.717, 1.165) is 0 Å². The van der Waals surface area contributed by atoms with Crippen LogP contribution in [0.25, 0.3) is 0 Å². The fraction of sp³-hybridized carbons (Fsp3) is 1.00. The normalized spacial score (nSPS) is 41.8. The molecule has 18 heteroatoms. The van der Waals surface area contributed by atoms with Crippen LogP contribution in [0.15, 0.2) is 0 Å². The van der Waals surface area contributed by atoms with Crippen molar-refractivity contribution in [3.05, 3.63) is 0 Å². The van der Waals surface area contributed by atoms with Gasteiger partial charge in [-0.05, 0) is 0 Å². The van der Waals surface area contributed by atoms with Crippen molar-refractivity contribution >= 4 is 83.3 Å². The van der Waals surface area contributed by atoms with Crippen molar-refractivity contribution in [2.24, 2.45) is 0 Å². The molecule has 0 spiro atoms. The number of rotatable bonds is 6. The van der Waals surface area contributed by atoms with Gasteiger partial charge in [0.05, 0.1) is 13.2 Å². The second-order valence-corrected chi connectivity index (χ2v) is 7.29. The Bertz CT molecular complexity index is 556. The van der Waals surface area contributed by atoms with Crippen LogP contribution in [0.4, 0.5) is 0 Å². The van der Waals surface area contributed by atoms with Gasteiger partial charge in [-0.1, -0.05) is 0 Å². The van der Waals surface area contributed by atoms with E-state index in [0.29, 0.717) is 0 Å². The van der Waals surface area contributed by atoms with Gasteiger partial charge in [0.15, 0.2) is 12.6 Å². The van der Waals surface area contributed by atoms with Crippen molar-refractivity contribution in [3.8, 4) is 0 Å². The van der Waals surface area contributed by atoms with Gasteiger partial charge in [-0.25, -0.2) is 4.57 Å². The summed E-state index contributed by atoms with van der Waals surface area (Å²) >= 11 is 0. The first-order chi connectivity index (χ1) is 12.5. The van der Waals surface area contributed by atoms with Crippen molar-refractivity contribution < 1.29 is 80.0 Å². The number of hydrogen-bond donors (Lipinski definition) is 9. The summed E-state index contributed by atoms with van der Waals surface area (Å²) < 4.78 is 30.8. The van der Waals surface area contributed by atoms with E-state index in [1.165, 1.54) is 0 Å². The smallest absolute Gasteiger partial charge is 1.00 e. The summed E-state index contributed by atoms with van der Waals surface area (Å²) in [6, 6.07) is 0. The van der Waals surface area contributed by atoms with Gasteiger partial charge in [-0.2, -0.15) is 0 Å². The van der Waals surface area contributed by atoms with Gasteiger partial charge in [0.25, 0.3) is 0 Å². The number of aliphatic hydroxyl groups is 7. The monoisotopic (exact) mass is 524 g/mol. The minimum absolute atomic E-state index is 0. The van der Waals surface area contributed by atoms with Crippen molar-refractivity contribution in [1.82, 2.24) is 0 Å². The zero-order valence-corrected chi connectivity index (χ0v) is 20.9. The van der Waals surface area contributed by atoms with E-state index < -0.39 is 82.4 Å². The molecule has 0 aromatic rings. The fourth-order valence-corrected chi connectivity index (χ4v) is 3.37. The molecule has 176 valence electrons. The molecule has 2 saturated heterocycles. The van der Waals surface area contributed by atoms with Gasteiger partial charge in [-0.3, -0.25) is 4.52 Å². The maximum Gasteiger partial charge on any atom is 2.00 e. The molecule has 10 atom stereocenters. The summed E-state index contributed by atoms with van der Waals surface area (Å²) in [5, 5.41) is 67.7. The summed E-state index contributed by atoms with van der Waals surface area (Å²) in [4.78, 5) is 18.0. The Morgan fingerprint density at radius 1 is 0.800 bits per heavy atom. The quantitative estimate of drug-likeness (QED) is 0.116. The van der Waals surface area contributed by atoms with Crippen molar-refractivity contribution in [2.45, 2.75) is 61.4 Å². The van der Waals surface area contributed by atoms with E-state index in [4.69, 9.17) is 24.0 Å². The minimum Gasteiger partial charge on any atom is -1.00 e. The topological polar surface area (TPSA) is 268 Å². The van der Waals surface area contributed by atoms with Crippen LogP contribution in [0.5, 0.6) is 0 Å². The molecule has 2 aliphatic heterocycles. The maximum absolute atomic E-state index is 11.2. The maximum atomic E-state index is 11.2. The first-order valence-electron chi connectivity index (χ1n) is 7.82. The molecule has 15 nitrogen and oxygen atoms in total. The van der Waals surface area contributed by atoms with Gasteiger partial charge in [-0.15, -0.1) is 0 Å². The van der Waals surface area contributed by atoms with Crippen LogP contribution in [0.2, 0.25) is 0 Å². The Labute approximate surface area is 236 Å². The van der Waals surface area contributed by atoms with Crippen molar-refractivity contribution in [2.75, 3.05) is 13.2 Å². The SMILES string of the molecule is O.O=P(O)(O)O[C@H]1[C@H](O[C@H]2[C@H](O)[C@@H](O)[C@H](O)O[C@@H]2CO)O[C@H](CO)[C@H](O)[C@@H]1O.[Ca+2].[Ca+2].[H-].[H-].[H-].[H-]. The molecule has 0 aliphatic carbocycles. The van der Waals surface area contributed by atoms with E-state index in [-0.39, 0.29) is 86.7 Å². The Kier molecular flexibility index (Phi) is 16.7. The zero-order valence-electron chi connectivity index (χ0n) is 19.6. The standard InChI is InChI=1S/C12H23O14P.2Ca.H2O.4H/c13-1-3-5(15)6(16)10(26-27(20,21)22)12(24-3)25-9-4(2-14)23-11(19)8(18)7(9)17;;;;;;;/h3-19H,1-2H2,(H2,20,21,22);;;1H2;;;;/q;2*+2;;4*-1/t3-,4-,5+,6+,7-,8-,9-,10-,11-,12+;;;;;;;/m1......./s1. The molecule has 30 heavy (non-hydrogen) atoms. The largest absolute Gasteiger partial charge is 2.00 e. The average Bonchev–Trinajstić information content (AvgIpc) is 2.60. The van der Waals surface area contributed by atoms with Gasteiger partial charge in [0, 0.05) is 0 Å². The van der Waals surface area contributed by atoms with E-state index in [2.05, 4.69) is 4.52 Å². The zero-order chi connectivity index (χ0) is 20.5. The summed E-state index contributed by atoms with van der Waals surface area (Å²) in [5.74, 6) is 0. The number of aliphatic hydroxyl groups excluding tert-OH is 7. The molecule has 0 radical (unpaired) electrons. The van der Waals surface area contributed by atoms with Crippen LogP contribution >= 0.6 is 7.82 Å². The molecular weight excluding hydrogens is 495 g/mol. The summed E-state index contributed by atoms with van der Waals surface area (Å²) in [6.45, 7) is -1.61.